The average molecular weight is 414 g/mol. The van der Waals surface area contributed by atoms with Gasteiger partial charge in [-0.1, -0.05) is 6.92 Å². The molecule has 1 aromatic heterocycles. The third kappa shape index (κ3) is 5.16. The zero-order valence-corrected chi connectivity index (χ0v) is 17.2. The maximum Gasteiger partial charge on any atom is 0.262 e. The van der Waals surface area contributed by atoms with Crippen molar-refractivity contribution in [2.45, 2.75) is 50.6 Å². The van der Waals surface area contributed by atoms with Crippen LogP contribution in [0.25, 0.3) is 0 Å². The molecule has 2 heterocycles. The van der Waals surface area contributed by atoms with Crippen LogP contribution in [0.5, 0.6) is 0 Å². The Morgan fingerprint density at radius 2 is 2.11 bits per heavy atom. The van der Waals surface area contributed by atoms with Crippen molar-refractivity contribution in [3.63, 3.8) is 0 Å². The van der Waals surface area contributed by atoms with Gasteiger partial charge in [0, 0.05) is 32.1 Å². The van der Waals surface area contributed by atoms with Gasteiger partial charge in [-0.25, -0.2) is 13.4 Å². The number of hydrogen-bond acceptors (Lipinski definition) is 6. The number of Topliss-reactive ketones (excluding diaryl/α,β-unsaturated/α-hetero) is 1. The first-order chi connectivity index (χ1) is 13.0. The molecule has 0 bridgehead atoms. The SMILES string of the molecule is Cc1nc(S(=O)(=O)N2CCC[C@H](NC(=O)CCC(C)C(N)=O)C(=O)C2)cn1C. The fourth-order valence-corrected chi connectivity index (χ4v) is 4.36. The number of rotatable bonds is 7. The van der Waals surface area contributed by atoms with Gasteiger partial charge < -0.3 is 15.6 Å². The molecule has 1 aliphatic rings. The summed E-state index contributed by atoms with van der Waals surface area (Å²) < 4.78 is 28.3. The first kappa shape index (κ1) is 22.0. The summed E-state index contributed by atoms with van der Waals surface area (Å²) in [5, 5.41) is 2.55. The highest BCUT2D eigenvalue weighted by Gasteiger charge is 2.34. The third-order valence-corrected chi connectivity index (χ3v) is 6.65. The van der Waals surface area contributed by atoms with Gasteiger partial charge >= 0.3 is 0 Å². The first-order valence-corrected chi connectivity index (χ1v) is 10.6. The van der Waals surface area contributed by atoms with Crippen LogP contribution in [0.1, 0.15) is 38.4 Å². The molecule has 0 saturated carbocycles. The highest BCUT2D eigenvalue weighted by Crippen LogP contribution is 2.19. The van der Waals surface area contributed by atoms with E-state index in [2.05, 4.69) is 10.3 Å². The Morgan fingerprint density at radius 1 is 1.43 bits per heavy atom. The van der Waals surface area contributed by atoms with Crippen LogP contribution in [-0.4, -0.2) is 59.0 Å². The van der Waals surface area contributed by atoms with E-state index in [1.54, 1.807) is 25.5 Å². The fourth-order valence-electron chi connectivity index (χ4n) is 2.89. The van der Waals surface area contributed by atoms with Gasteiger partial charge in [-0.05, 0) is 26.2 Å². The number of aromatic nitrogens is 2. The van der Waals surface area contributed by atoms with Crippen LogP contribution in [0.3, 0.4) is 0 Å². The lowest BCUT2D eigenvalue weighted by Gasteiger charge is -2.18. The predicted octanol–water partition coefficient (Wildman–Crippen LogP) is -0.531. The monoisotopic (exact) mass is 413 g/mol. The Hall–Kier alpha value is -2.27. The van der Waals surface area contributed by atoms with Crippen LogP contribution in [0.2, 0.25) is 0 Å². The maximum absolute atomic E-state index is 12.8. The molecule has 156 valence electrons. The van der Waals surface area contributed by atoms with Crippen LogP contribution in [0.4, 0.5) is 0 Å². The van der Waals surface area contributed by atoms with E-state index >= 15 is 0 Å². The number of amides is 2. The van der Waals surface area contributed by atoms with Crippen molar-refractivity contribution in [3.05, 3.63) is 12.0 Å². The van der Waals surface area contributed by atoms with Gasteiger partial charge in [0.05, 0.1) is 12.6 Å². The normalized spacial score (nSPS) is 19.8. The smallest absolute Gasteiger partial charge is 0.262 e. The Morgan fingerprint density at radius 3 is 2.68 bits per heavy atom. The van der Waals surface area contributed by atoms with E-state index in [1.807, 2.05) is 0 Å². The van der Waals surface area contributed by atoms with Gasteiger partial charge in [0.2, 0.25) is 11.8 Å². The zero-order chi connectivity index (χ0) is 21.1. The molecule has 2 rings (SSSR count). The van der Waals surface area contributed by atoms with Crippen LogP contribution in [0, 0.1) is 12.8 Å². The van der Waals surface area contributed by atoms with Gasteiger partial charge in [0.15, 0.2) is 10.8 Å². The molecule has 1 unspecified atom stereocenters. The average Bonchev–Trinajstić information content (AvgIpc) is 2.85. The number of primary amides is 1. The Balaban J connectivity index is 2.01. The first-order valence-electron chi connectivity index (χ1n) is 9.14. The molecule has 0 aromatic carbocycles. The van der Waals surface area contributed by atoms with Crippen LogP contribution in [0.15, 0.2) is 11.2 Å². The van der Waals surface area contributed by atoms with E-state index in [1.165, 1.54) is 6.20 Å². The van der Waals surface area contributed by atoms with E-state index in [0.29, 0.717) is 25.1 Å². The minimum atomic E-state index is -3.89. The highest BCUT2D eigenvalue weighted by atomic mass is 32.2. The van der Waals surface area contributed by atoms with Gasteiger partial charge in [0.25, 0.3) is 10.0 Å². The summed E-state index contributed by atoms with van der Waals surface area (Å²) in [7, 11) is -2.19. The lowest BCUT2D eigenvalue weighted by Crippen LogP contribution is -2.44. The Labute approximate surface area is 164 Å². The van der Waals surface area contributed by atoms with Gasteiger partial charge in [-0.2, -0.15) is 4.31 Å². The standard InChI is InChI=1S/C17H27N5O5S/c1-11(17(18)25)6-7-15(24)20-13-5-4-8-22(9-14(13)23)28(26,27)16-10-21(3)12(2)19-16/h10-11,13H,4-9H2,1-3H3,(H2,18,25)(H,20,24)/t11?,13-/m0/s1. The number of ketones is 1. The van der Waals surface area contributed by atoms with Gasteiger partial charge in [-0.3, -0.25) is 14.4 Å². The van der Waals surface area contributed by atoms with E-state index in [9.17, 15) is 22.8 Å². The number of nitrogens with one attached hydrogen (secondary N) is 1. The molecule has 1 aromatic rings. The van der Waals surface area contributed by atoms with Crippen LogP contribution >= 0.6 is 0 Å². The predicted molar refractivity (Wildman–Crippen MR) is 100 cm³/mol. The molecular weight excluding hydrogens is 386 g/mol. The van der Waals surface area contributed by atoms with Crippen molar-refractivity contribution in [2.24, 2.45) is 18.7 Å². The lowest BCUT2D eigenvalue weighted by atomic mass is 10.0. The van der Waals surface area contributed by atoms with Gasteiger partial charge in [0.1, 0.15) is 5.82 Å². The van der Waals surface area contributed by atoms with Crippen molar-refractivity contribution in [1.82, 2.24) is 19.2 Å². The summed E-state index contributed by atoms with van der Waals surface area (Å²) in [6.07, 6.45) is 2.56. The second-order valence-corrected chi connectivity index (χ2v) is 9.03. The fraction of sp³-hybridized carbons (Fsp3) is 0.647. The van der Waals surface area contributed by atoms with Crippen LogP contribution in [-0.2, 0) is 31.5 Å². The summed E-state index contributed by atoms with van der Waals surface area (Å²) in [6, 6.07) is -0.748. The molecule has 3 N–H and O–H groups in total. The largest absolute Gasteiger partial charge is 0.369 e. The van der Waals surface area contributed by atoms with Crippen molar-refractivity contribution in [3.8, 4) is 0 Å². The second kappa shape index (κ2) is 8.82. The molecule has 2 atom stereocenters. The van der Waals surface area contributed by atoms with Crippen molar-refractivity contribution < 1.29 is 22.8 Å². The second-order valence-electron chi connectivity index (χ2n) is 7.15. The maximum atomic E-state index is 12.8. The molecule has 10 nitrogen and oxygen atoms in total. The summed E-state index contributed by atoms with van der Waals surface area (Å²) in [4.78, 5) is 39.7. The number of imidazole rings is 1. The topological polar surface area (TPSA) is 144 Å². The third-order valence-electron chi connectivity index (χ3n) is 4.94. The van der Waals surface area contributed by atoms with Crippen molar-refractivity contribution in [1.29, 1.82) is 0 Å². The number of sulfonamides is 1. The quantitative estimate of drug-likeness (QED) is 0.615. The highest BCUT2D eigenvalue weighted by molar-refractivity contribution is 7.89. The summed E-state index contributed by atoms with van der Waals surface area (Å²) >= 11 is 0. The van der Waals surface area contributed by atoms with E-state index < -0.39 is 27.9 Å². The molecule has 2 amide bonds. The number of carbonyl (C=O) groups is 3. The van der Waals surface area contributed by atoms with Gasteiger partial charge in [-0.15, -0.1) is 0 Å². The number of nitrogens with two attached hydrogens (primary N) is 1. The van der Waals surface area contributed by atoms with E-state index in [0.717, 1.165) is 4.31 Å². The summed E-state index contributed by atoms with van der Waals surface area (Å²) in [5.41, 5.74) is 5.17. The molecule has 0 aliphatic carbocycles. The molecule has 11 heteroatoms. The van der Waals surface area contributed by atoms with Crippen molar-refractivity contribution in [2.75, 3.05) is 13.1 Å². The lowest BCUT2D eigenvalue weighted by molar-refractivity contribution is -0.128. The molecule has 28 heavy (non-hydrogen) atoms. The van der Waals surface area contributed by atoms with Crippen molar-refractivity contribution >= 4 is 27.6 Å². The molecular formula is C17H27N5O5S. The Bertz CT molecular complexity index is 844. The molecule has 1 saturated heterocycles. The summed E-state index contributed by atoms with van der Waals surface area (Å²) in [5.74, 6) is -1.09. The number of carbonyl (C=O) groups excluding carboxylic acids is 3. The number of hydrogen-bond donors (Lipinski definition) is 2. The van der Waals surface area contributed by atoms with E-state index in [-0.39, 0.29) is 36.2 Å². The Kier molecular flexibility index (Phi) is 6.94. The number of aryl methyl sites for hydroxylation is 2. The molecule has 0 radical (unpaired) electrons. The summed E-state index contributed by atoms with van der Waals surface area (Å²) in [6.45, 7) is 3.18. The molecule has 0 spiro atoms. The molecule has 1 aliphatic heterocycles. The molecule has 1 fully saturated rings. The minimum absolute atomic E-state index is 0.0725. The number of nitrogens with zero attached hydrogens (tertiary/aromatic N) is 3. The van der Waals surface area contributed by atoms with Crippen LogP contribution < -0.4 is 11.1 Å². The minimum Gasteiger partial charge on any atom is -0.369 e. The zero-order valence-electron chi connectivity index (χ0n) is 16.3. The van der Waals surface area contributed by atoms with E-state index in [4.69, 9.17) is 5.73 Å².